The van der Waals surface area contributed by atoms with E-state index in [1.165, 1.54) is 102 Å². The summed E-state index contributed by atoms with van der Waals surface area (Å²) in [5.41, 5.74) is 0. The molecule has 0 saturated carbocycles. The Bertz CT molecular complexity index is 813. The van der Waals surface area contributed by atoms with Crippen LogP contribution in [0.4, 0.5) is 4.79 Å². The molecule has 0 radical (unpaired) electrons. The summed E-state index contributed by atoms with van der Waals surface area (Å²) in [4.78, 5) is 30.0. The van der Waals surface area contributed by atoms with E-state index in [0.29, 0.717) is 19.4 Å². The van der Waals surface area contributed by atoms with Crippen molar-refractivity contribution in [3.8, 4) is 0 Å². The van der Waals surface area contributed by atoms with Crippen molar-refractivity contribution in [1.82, 2.24) is 9.80 Å². The topological polar surface area (TPSA) is 79.3 Å². The maximum atomic E-state index is 13.1. The molecule has 1 unspecified atom stereocenters. The molecule has 0 spiro atoms. The van der Waals surface area contributed by atoms with Crippen LogP contribution in [0.15, 0.2) is 12.2 Å². The molecular weight excluding hydrogens is 681 g/mol. The second-order valence-electron chi connectivity index (χ2n) is 15.6. The molecular formula is C45H88N2O5S. The lowest BCUT2D eigenvalue weighted by molar-refractivity contribution is -0.150. The van der Waals surface area contributed by atoms with E-state index in [9.17, 15) is 14.7 Å². The average molecular weight is 769 g/mol. The van der Waals surface area contributed by atoms with Crippen molar-refractivity contribution < 1.29 is 24.2 Å². The van der Waals surface area contributed by atoms with E-state index in [1.807, 2.05) is 20.2 Å². The number of hydrogen-bond donors (Lipinski definition) is 1. The lowest BCUT2D eigenvalue weighted by atomic mass is 10.0. The van der Waals surface area contributed by atoms with Gasteiger partial charge in [0.1, 0.15) is 6.10 Å². The van der Waals surface area contributed by atoms with E-state index in [4.69, 9.17) is 9.47 Å². The van der Waals surface area contributed by atoms with Gasteiger partial charge in [0.2, 0.25) is 0 Å². The van der Waals surface area contributed by atoms with Crippen LogP contribution >= 0.6 is 11.8 Å². The van der Waals surface area contributed by atoms with E-state index in [1.54, 1.807) is 0 Å². The minimum atomic E-state index is -0.682. The summed E-state index contributed by atoms with van der Waals surface area (Å²) in [5.74, 6) is 0.806. The van der Waals surface area contributed by atoms with Crippen molar-refractivity contribution >= 4 is 23.0 Å². The average Bonchev–Trinajstić information content (AvgIpc) is 3.13. The van der Waals surface area contributed by atoms with Crippen molar-refractivity contribution in [1.29, 1.82) is 0 Å². The molecule has 0 fully saturated rings. The summed E-state index contributed by atoms with van der Waals surface area (Å²) in [7, 11) is 4.09. The van der Waals surface area contributed by atoms with Crippen molar-refractivity contribution in [3.05, 3.63) is 12.2 Å². The Kier molecular flexibility index (Phi) is 39.7. The molecule has 314 valence electrons. The molecule has 0 aliphatic rings. The summed E-state index contributed by atoms with van der Waals surface area (Å²) >= 11 is 1.44. The van der Waals surface area contributed by atoms with Gasteiger partial charge in [-0.2, -0.15) is 0 Å². The summed E-state index contributed by atoms with van der Waals surface area (Å²) in [6.07, 6.45) is 35.9. The summed E-state index contributed by atoms with van der Waals surface area (Å²) in [6, 6.07) is 0. The van der Waals surface area contributed by atoms with Gasteiger partial charge in [0.05, 0.1) is 6.61 Å². The molecule has 0 bridgehead atoms. The monoisotopic (exact) mass is 769 g/mol. The van der Waals surface area contributed by atoms with Crippen LogP contribution < -0.4 is 0 Å². The van der Waals surface area contributed by atoms with Crippen molar-refractivity contribution in [2.45, 2.75) is 219 Å². The molecule has 0 aromatic rings. The molecule has 1 N–H and O–H groups in total. The zero-order valence-corrected chi connectivity index (χ0v) is 36.6. The van der Waals surface area contributed by atoms with Gasteiger partial charge in [0, 0.05) is 31.8 Å². The maximum Gasteiger partial charge on any atom is 0.306 e. The highest BCUT2D eigenvalue weighted by atomic mass is 32.2. The Balaban J connectivity index is 4.33. The number of rotatable bonds is 40. The first-order valence-electron chi connectivity index (χ1n) is 22.5. The van der Waals surface area contributed by atoms with Gasteiger partial charge in [-0.25, -0.2) is 0 Å². The van der Waals surface area contributed by atoms with E-state index in [0.717, 1.165) is 109 Å². The first-order valence-corrected chi connectivity index (χ1v) is 23.5. The van der Waals surface area contributed by atoms with Gasteiger partial charge in [-0.05, 0) is 84.7 Å². The number of hydrogen-bond acceptors (Lipinski definition) is 7. The number of carbonyl (C=O) groups excluding carboxylic acids is 2. The molecule has 0 saturated heterocycles. The Morgan fingerprint density at radius 3 is 1.66 bits per heavy atom. The molecule has 7 nitrogen and oxygen atoms in total. The number of carbonyl (C=O) groups is 2. The van der Waals surface area contributed by atoms with Crippen LogP contribution in [0.25, 0.3) is 0 Å². The van der Waals surface area contributed by atoms with Crippen LogP contribution in [0.3, 0.4) is 0 Å². The number of esters is 1. The lowest BCUT2D eigenvalue weighted by Crippen LogP contribution is -2.30. The molecule has 8 heteroatoms. The fraction of sp³-hybridized carbons (Fsp3) is 0.911. The highest BCUT2D eigenvalue weighted by Crippen LogP contribution is 2.19. The number of aliphatic hydroxyl groups excluding tert-OH is 1. The van der Waals surface area contributed by atoms with Gasteiger partial charge in [0.15, 0.2) is 6.29 Å². The minimum absolute atomic E-state index is 0.00984. The zero-order chi connectivity index (χ0) is 39.0. The van der Waals surface area contributed by atoms with E-state index in [2.05, 4.69) is 36.6 Å². The SMILES string of the molecule is CCCCCC/C=C\COC(O)CCCCCCCN(CCCCCCCC(=O)OC(CCCCCCC)CCCCCCC)C(=O)SCCN(C)C. The third-order valence-electron chi connectivity index (χ3n) is 10.0. The van der Waals surface area contributed by atoms with Crippen LogP contribution in [-0.2, 0) is 14.3 Å². The number of allylic oxidation sites excluding steroid dienone is 1. The maximum absolute atomic E-state index is 13.1. The Morgan fingerprint density at radius 1 is 0.604 bits per heavy atom. The zero-order valence-electron chi connectivity index (χ0n) is 35.7. The molecule has 0 heterocycles. The molecule has 0 aromatic carbocycles. The van der Waals surface area contributed by atoms with Crippen LogP contribution in [-0.4, -0.2) is 84.6 Å². The molecule has 1 atom stereocenters. The van der Waals surface area contributed by atoms with E-state index in [-0.39, 0.29) is 17.3 Å². The van der Waals surface area contributed by atoms with Gasteiger partial charge >= 0.3 is 5.97 Å². The van der Waals surface area contributed by atoms with Gasteiger partial charge in [-0.15, -0.1) is 0 Å². The number of aliphatic hydroxyl groups is 1. The fourth-order valence-electron chi connectivity index (χ4n) is 6.54. The number of unbranched alkanes of at least 4 members (excludes halogenated alkanes) is 20. The predicted octanol–water partition coefficient (Wildman–Crippen LogP) is 12.9. The van der Waals surface area contributed by atoms with E-state index >= 15 is 0 Å². The number of ether oxygens (including phenoxy) is 2. The van der Waals surface area contributed by atoms with E-state index < -0.39 is 6.29 Å². The molecule has 0 aliphatic heterocycles. The number of amides is 1. The lowest BCUT2D eigenvalue weighted by Gasteiger charge is -2.23. The van der Waals surface area contributed by atoms with Crippen LogP contribution in [0.1, 0.15) is 207 Å². The Labute approximate surface area is 333 Å². The summed E-state index contributed by atoms with van der Waals surface area (Å²) < 4.78 is 11.5. The van der Waals surface area contributed by atoms with Crippen LogP contribution in [0.2, 0.25) is 0 Å². The largest absolute Gasteiger partial charge is 0.462 e. The number of nitrogens with zero attached hydrogens (tertiary/aromatic N) is 2. The predicted molar refractivity (Wildman–Crippen MR) is 230 cm³/mol. The van der Waals surface area contributed by atoms with Crippen molar-refractivity contribution in [2.24, 2.45) is 0 Å². The second-order valence-corrected chi connectivity index (χ2v) is 16.7. The quantitative estimate of drug-likeness (QED) is 0.0288. The molecule has 0 aromatic heterocycles. The first-order chi connectivity index (χ1) is 25.8. The molecule has 1 amide bonds. The fourth-order valence-corrected chi connectivity index (χ4v) is 7.53. The molecule has 0 rings (SSSR count). The van der Waals surface area contributed by atoms with Gasteiger partial charge in [-0.3, -0.25) is 9.59 Å². The highest BCUT2D eigenvalue weighted by molar-refractivity contribution is 8.13. The molecule has 53 heavy (non-hydrogen) atoms. The van der Waals surface area contributed by atoms with Crippen molar-refractivity contribution in [3.63, 3.8) is 0 Å². The second kappa shape index (κ2) is 40.6. The summed E-state index contributed by atoms with van der Waals surface area (Å²) in [5, 5.41) is 10.3. The number of thioether (sulfide) groups is 1. The third-order valence-corrected chi connectivity index (χ3v) is 10.9. The first kappa shape index (κ1) is 51.9. The Morgan fingerprint density at radius 2 is 1.09 bits per heavy atom. The standard InChI is InChI=1S/C45H88N2O5S/c1-6-9-12-15-16-25-32-40-51-43(48)35-28-21-17-23-30-37-47(45(50)53-41-39-46(4)5)38-31-24-18-22-29-36-44(49)52-42(33-26-19-13-10-7-2)34-27-20-14-11-8-3/h25,32,42-43,48H,6-24,26-31,33-41H2,1-5H3/b32-25-. The minimum Gasteiger partial charge on any atom is -0.462 e. The third kappa shape index (κ3) is 37.6. The highest BCUT2D eigenvalue weighted by Gasteiger charge is 2.16. The van der Waals surface area contributed by atoms with Crippen molar-refractivity contribution in [2.75, 3.05) is 46.1 Å². The van der Waals surface area contributed by atoms with Crippen LogP contribution in [0, 0.1) is 0 Å². The van der Waals surface area contributed by atoms with Gasteiger partial charge in [0.25, 0.3) is 5.24 Å². The molecule has 0 aliphatic carbocycles. The summed E-state index contributed by atoms with van der Waals surface area (Å²) in [6.45, 7) is 9.73. The smallest absolute Gasteiger partial charge is 0.306 e. The normalized spacial score (nSPS) is 12.4. The van der Waals surface area contributed by atoms with Crippen LogP contribution in [0.5, 0.6) is 0 Å². The van der Waals surface area contributed by atoms with Gasteiger partial charge in [-0.1, -0.05) is 154 Å². The Hall–Kier alpha value is -1.09. The van der Waals surface area contributed by atoms with Gasteiger partial charge < -0.3 is 24.4 Å².